The van der Waals surface area contributed by atoms with Gasteiger partial charge in [-0.2, -0.15) is 0 Å². The zero-order valence-corrected chi connectivity index (χ0v) is 12.1. The van der Waals surface area contributed by atoms with Gasteiger partial charge in [0.1, 0.15) is 11.4 Å². The number of ether oxygens (including phenoxy) is 1. The van der Waals surface area contributed by atoms with E-state index in [4.69, 9.17) is 4.74 Å². The summed E-state index contributed by atoms with van der Waals surface area (Å²) >= 11 is 0. The molecule has 20 heavy (non-hydrogen) atoms. The molecule has 0 bridgehead atoms. The fraction of sp³-hybridized carbons (Fsp3) is 0.467. The number of nitrogens with zero attached hydrogens (tertiary/aromatic N) is 1. The summed E-state index contributed by atoms with van der Waals surface area (Å²) < 4.78 is 19.0. The highest BCUT2D eigenvalue weighted by atomic mass is 19.1. The van der Waals surface area contributed by atoms with Crippen molar-refractivity contribution < 1.29 is 18.7 Å². The Kier molecular flexibility index (Phi) is 3.54. The van der Waals surface area contributed by atoms with Crippen LogP contribution in [0.1, 0.15) is 43.1 Å². The molecule has 0 spiro atoms. The maximum Gasteiger partial charge on any atom is 0.414 e. The number of halogens is 1. The van der Waals surface area contributed by atoms with E-state index in [9.17, 15) is 14.0 Å². The summed E-state index contributed by atoms with van der Waals surface area (Å²) in [4.78, 5) is 25.5. The first-order chi connectivity index (χ1) is 9.20. The third kappa shape index (κ3) is 2.66. The smallest absolute Gasteiger partial charge is 0.414 e. The van der Waals surface area contributed by atoms with Crippen LogP contribution in [0, 0.1) is 12.7 Å². The fourth-order valence-electron chi connectivity index (χ4n) is 2.21. The third-order valence-electron chi connectivity index (χ3n) is 3.11. The summed E-state index contributed by atoms with van der Waals surface area (Å²) in [5.74, 6) is -0.519. The van der Waals surface area contributed by atoms with Crippen LogP contribution < -0.4 is 4.90 Å². The highest BCUT2D eigenvalue weighted by Gasteiger charge is 2.32. The molecule has 0 fully saturated rings. The summed E-state index contributed by atoms with van der Waals surface area (Å²) in [6.07, 6.45) is -0.336. The predicted octanol–water partition coefficient (Wildman–Crippen LogP) is 3.46. The van der Waals surface area contributed by atoms with E-state index in [1.54, 1.807) is 27.7 Å². The molecule has 0 saturated carbocycles. The van der Waals surface area contributed by atoms with Crippen LogP contribution in [0.5, 0.6) is 0 Å². The summed E-state index contributed by atoms with van der Waals surface area (Å²) in [5, 5.41) is 0. The number of benzene rings is 1. The molecule has 1 heterocycles. The number of ketones is 1. The minimum absolute atomic E-state index is 0.0806. The summed E-state index contributed by atoms with van der Waals surface area (Å²) in [6, 6.07) is 2.68. The summed E-state index contributed by atoms with van der Waals surface area (Å²) in [6.45, 7) is 7.06. The van der Waals surface area contributed by atoms with Crippen molar-refractivity contribution in [1.82, 2.24) is 0 Å². The van der Waals surface area contributed by atoms with Crippen LogP contribution >= 0.6 is 0 Å². The van der Waals surface area contributed by atoms with Crippen molar-refractivity contribution in [3.05, 3.63) is 29.1 Å². The quantitative estimate of drug-likeness (QED) is 0.730. The van der Waals surface area contributed by atoms with Crippen LogP contribution in [0.25, 0.3) is 0 Å². The molecule has 4 nitrogen and oxygen atoms in total. The van der Waals surface area contributed by atoms with Gasteiger partial charge < -0.3 is 4.74 Å². The molecule has 1 aliphatic heterocycles. The Labute approximate surface area is 117 Å². The summed E-state index contributed by atoms with van der Waals surface area (Å²) in [7, 11) is 0. The van der Waals surface area contributed by atoms with Crippen LogP contribution in [0.4, 0.5) is 14.9 Å². The fourth-order valence-corrected chi connectivity index (χ4v) is 2.21. The van der Waals surface area contributed by atoms with Crippen molar-refractivity contribution in [2.24, 2.45) is 0 Å². The molecule has 1 aromatic carbocycles. The zero-order chi connectivity index (χ0) is 15.1. The van der Waals surface area contributed by atoms with Crippen molar-refractivity contribution in [2.75, 3.05) is 11.4 Å². The van der Waals surface area contributed by atoms with E-state index >= 15 is 0 Å². The van der Waals surface area contributed by atoms with Gasteiger partial charge in [-0.3, -0.25) is 9.69 Å². The van der Waals surface area contributed by atoms with Gasteiger partial charge in [-0.15, -0.1) is 0 Å². The molecule has 1 amide bonds. The van der Waals surface area contributed by atoms with Gasteiger partial charge >= 0.3 is 6.09 Å². The van der Waals surface area contributed by atoms with Crippen molar-refractivity contribution in [1.29, 1.82) is 0 Å². The van der Waals surface area contributed by atoms with E-state index in [1.807, 2.05) is 0 Å². The van der Waals surface area contributed by atoms with E-state index in [-0.39, 0.29) is 18.7 Å². The van der Waals surface area contributed by atoms with Gasteiger partial charge in [-0.25, -0.2) is 9.18 Å². The highest BCUT2D eigenvalue weighted by Crippen LogP contribution is 2.33. The average molecular weight is 279 g/mol. The molecular weight excluding hydrogens is 261 g/mol. The maximum absolute atomic E-state index is 13.7. The average Bonchev–Trinajstić information content (AvgIpc) is 2.32. The molecule has 2 rings (SSSR count). The number of carbonyl (C=O) groups is 2. The Bertz CT molecular complexity index is 575. The lowest BCUT2D eigenvalue weighted by Crippen LogP contribution is -2.41. The van der Waals surface area contributed by atoms with E-state index in [0.29, 0.717) is 16.8 Å². The van der Waals surface area contributed by atoms with Crippen LogP contribution in [0.3, 0.4) is 0 Å². The summed E-state index contributed by atoms with van der Waals surface area (Å²) in [5.41, 5.74) is 0.359. The second-order valence-corrected chi connectivity index (χ2v) is 5.87. The molecule has 0 saturated heterocycles. The maximum atomic E-state index is 13.7. The number of amides is 1. The van der Waals surface area contributed by atoms with Gasteiger partial charge in [0, 0.05) is 24.1 Å². The number of Topliss-reactive ketones (excluding diaryl/α,β-unsaturated/α-hetero) is 1. The Morgan fingerprint density at radius 3 is 2.60 bits per heavy atom. The molecule has 0 N–H and O–H groups in total. The van der Waals surface area contributed by atoms with Crippen molar-refractivity contribution in [2.45, 2.75) is 39.7 Å². The Morgan fingerprint density at radius 2 is 2.00 bits per heavy atom. The van der Waals surface area contributed by atoms with Crippen molar-refractivity contribution >= 4 is 17.6 Å². The highest BCUT2D eigenvalue weighted by molar-refractivity contribution is 6.08. The van der Waals surface area contributed by atoms with Gasteiger partial charge in [0.25, 0.3) is 0 Å². The topological polar surface area (TPSA) is 46.6 Å². The zero-order valence-electron chi connectivity index (χ0n) is 12.1. The molecule has 0 atom stereocenters. The molecule has 0 aliphatic carbocycles. The van der Waals surface area contributed by atoms with E-state index < -0.39 is 17.5 Å². The van der Waals surface area contributed by atoms with Crippen molar-refractivity contribution in [3.8, 4) is 0 Å². The number of carbonyl (C=O) groups excluding carboxylic acids is 2. The first-order valence-corrected chi connectivity index (χ1v) is 6.53. The lowest BCUT2D eigenvalue weighted by molar-refractivity contribution is 0.0577. The second-order valence-electron chi connectivity index (χ2n) is 5.87. The number of rotatable bonds is 0. The van der Waals surface area contributed by atoms with Crippen LogP contribution in [-0.4, -0.2) is 24.0 Å². The lowest BCUT2D eigenvalue weighted by atomic mass is 9.97. The Hall–Kier alpha value is -1.91. The van der Waals surface area contributed by atoms with Gasteiger partial charge in [0.05, 0.1) is 5.69 Å². The monoisotopic (exact) mass is 279 g/mol. The number of hydrogen-bond donors (Lipinski definition) is 0. The SMILES string of the molecule is Cc1c(F)ccc2c1N(C(=O)OC(C)(C)C)CCC2=O. The van der Waals surface area contributed by atoms with Gasteiger partial charge in [-0.1, -0.05) is 0 Å². The number of fused-ring (bicyclic) bond motifs is 1. The third-order valence-corrected chi connectivity index (χ3v) is 3.11. The normalized spacial score (nSPS) is 15.1. The van der Waals surface area contributed by atoms with Crippen molar-refractivity contribution in [3.63, 3.8) is 0 Å². The van der Waals surface area contributed by atoms with Gasteiger partial charge in [-0.05, 0) is 39.8 Å². The lowest BCUT2D eigenvalue weighted by Gasteiger charge is -2.32. The predicted molar refractivity (Wildman–Crippen MR) is 73.7 cm³/mol. The minimum Gasteiger partial charge on any atom is -0.443 e. The van der Waals surface area contributed by atoms with Crippen LogP contribution in [0.2, 0.25) is 0 Å². The molecule has 0 aromatic heterocycles. The Balaban J connectivity index is 2.45. The van der Waals surface area contributed by atoms with Crippen LogP contribution in [0.15, 0.2) is 12.1 Å². The number of hydrogen-bond acceptors (Lipinski definition) is 3. The molecule has 1 aromatic rings. The van der Waals surface area contributed by atoms with Crippen LogP contribution in [-0.2, 0) is 4.74 Å². The molecule has 0 unspecified atom stereocenters. The van der Waals surface area contributed by atoms with Gasteiger partial charge in [0.15, 0.2) is 5.78 Å². The largest absolute Gasteiger partial charge is 0.443 e. The molecule has 108 valence electrons. The Morgan fingerprint density at radius 1 is 1.35 bits per heavy atom. The van der Waals surface area contributed by atoms with E-state index in [2.05, 4.69) is 0 Å². The van der Waals surface area contributed by atoms with Gasteiger partial charge in [0.2, 0.25) is 0 Å². The number of anilines is 1. The molecule has 0 radical (unpaired) electrons. The first-order valence-electron chi connectivity index (χ1n) is 6.53. The minimum atomic E-state index is -0.639. The first kappa shape index (κ1) is 14.5. The molecule has 1 aliphatic rings. The van der Waals surface area contributed by atoms with E-state index in [0.717, 1.165) is 0 Å². The standard InChI is InChI=1S/C15H18FNO3/c1-9-11(16)6-5-10-12(18)7-8-17(13(9)10)14(19)20-15(2,3)4/h5-6H,7-8H2,1-4H3. The van der Waals surface area contributed by atoms with E-state index in [1.165, 1.54) is 17.0 Å². The molecule has 5 heteroatoms. The second kappa shape index (κ2) is 4.89. The molecular formula is C15H18FNO3.